The molecule has 3 aromatic carbocycles. The predicted molar refractivity (Wildman–Crippen MR) is 145 cm³/mol. The molecule has 0 radical (unpaired) electrons. The first-order valence-corrected chi connectivity index (χ1v) is 12.5. The van der Waals surface area contributed by atoms with Crippen LogP contribution < -0.4 is 14.4 Å². The molecule has 9 heteroatoms. The highest BCUT2D eigenvalue weighted by Crippen LogP contribution is 2.40. The molecule has 0 atom stereocenters. The molecule has 0 spiro atoms. The summed E-state index contributed by atoms with van der Waals surface area (Å²) in [7, 11) is 1.55. The maximum Gasteiger partial charge on any atom is 0.335 e. The number of nitrogens with zero attached hydrogens (tertiary/aromatic N) is 1. The summed E-state index contributed by atoms with van der Waals surface area (Å²) >= 11 is 10.1. The predicted octanol–water partition coefficient (Wildman–Crippen LogP) is 6.45. The number of rotatable bonds is 7. The number of methoxy groups -OCH3 is 1. The molecule has 1 aliphatic heterocycles. The Labute approximate surface area is 220 Å². The topological polar surface area (TPSA) is 76.1 Å². The van der Waals surface area contributed by atoms with Crippen molar-refractivity contribution in [1.29, 1.82) is 0 Å². The number of thiocarbonyl (C=S) groups is 1. The van der Waals surface area contributed by atoms with Gasteiger partial charge >= 0.3 is 5.97 Å². The van der Waals surface area contributed by atoms with Gasteiger partial charge in [0.05, 0.1) is 27.7 Å². The Hall–Kier alpha value is -3.14. The summed E-state index contributed by atoms with van der Waals surface area (Å²) in [5.41, 5.74) is 3.42. The number of aromatic carboxylic acids is 1. The van der Waals surface area contributed by atoms with Gasteiger partial charge in [-0.3, -0.25) is 9.69 Å². The highest BCUT2D eigenvalue weighted by atomic mass is 79.9. The van der Waals surface area contributed by atoms with Gasteiger partial charge in [0.2, 0.25) is 0 Å². The van der Waals surface area contributed by atoms with Crippen LogP contribution in [0, 0.1) is 6.92 Å². The summed E-state index contributed by atoms with van der Waals surface area (Å²) in [6.45, 7) is 2.41. The third kappa shape index (κ3) is 5.58. The number of hydrogen-bond acceptors (Lipinski definition) is 6. The zero-order valence-corrected chi connectivity index (χ0v) is 22.0. The van der Waals surface area contributed by atoms with Crippen molar-refractivity contribution >= 4 is 67.9 Å². The number of halogens is 1. The fraction of sp³-hybridized carbons (Fsp3) is 0.115. The second-order valence-corrected chi connectivity index (χ2v) is 10.2. The van der Waals surface area contributed by atoms with Crippen LogP contribution in [0.25, 0.3) is 6.08 Å². The second kappa shape index (κ2) is 10.6. The third-order valence-electron chi connectivity index (χ3n) is 5.20. The lowest BCUT2D eigenvalue weighted by atomic mass is 10.1. The summed E-state index contributed by atoms with van der Waals surface area (Å²) in [6, 6.07) is 17.8. The summed E-state index contributed by atoms with van der Waals surface area (Å²) in [5, 5.41) is 9.26. The first-order chi connectivity index (χ1) is 16.8. The zero-order valence-electron chi connectivity index (χ0n) is 18.8. The van der Waals surface area contributed by atoms with Gasteiger partial charge in [-0.25, -0.2) is 4.79 Å². The normalized spacial score (nSPS) is 14.5. The number of amides is 1. The van der Waals surface area contributed by atoms with Crippen molar-refractivity contribution in [3.05, 3.63) is 92.3 Å². The van der Waals surface area contributed by atoms with Crippen LogP contribution in [0.5, 0.6) is 11.5 Å². The summed E-state index contributed by atoms with van der Waals surface area (Å²) in [4.78, 5) is 26.2. The zero-order chi connectivity index (χ0) is 25.1. The molecule has 178 valence electrons. The Balaban J connectivity index is 1.58. The minimum atomic E-state index is -1.07. The number of hydrogen-bond donors (Lipinski definition) is 1. The monoisotopic (exact) mass is 569 g/mol. The highest BCUT2D eigenvalue weighted by molar-refractivity contribution is 9.10. The first kappa shape index (κ1) is 25.0. The lowest BCUT2D eigenvalue weighted by molar-refractivity contribution is -0.113. The molecular formula is C26H20BrNO5S2. The van der Waals surface area contributed by atoms with Crippen LogP contribution >= 0.6 is 39.9 Å². The van der Waals surface area contributed by atoms with E-state index in [0.29, 0.717) is 37.5 Å². The fourth-order valence-corrected chi connectivity index (χ4v) is 5.30. The number of carboxylic acids is 1. The Morgan fingerprint density at radius 3 is 2.60 bits per heavy atom. The summed E-state index contributed by atoms with van der Waals surface area (Å²) in [6.07, 6.45) is 1.72. The molecule has 4 rings (SSSR count). The number of carbonyl (C=O) groups is 2. The van der Waals surface area contributed by atoms with Gasteiger partial charge in [-0.1, -0.05) is 59.9 Å². The van der Waals surface area contributed by atoms with Crippen molar-refractivity contribution in [2.75, 3.05) is 12.0 Å². The van der Waals surface area contributed by atoms with Crippen molar-refractivity contribution in [3.63, 3.8) is 0 Å². The van der Waals surface area contributed by atoms with Crippen molar-refractivity contribution in [3.8, 4) is 11.5 Å². The molecule has 6 nitrogen and oxygen atoms in total. The molecule has 0 saturated carbocycles. The third-order valence-corrected chi connectivity index (χ3v) is 7.09. The van der Waals surface area contributed by atoms with Gasteiger partial charge in [0.1, 0.15) is 6.61 Å². The molecule has 35 heavy (non-hydrogen) atoms. The van der Waals surface area contributed by atoms with Gasteiger partial charge in [-0.2, -0.15) is 0 Å². The Kier molecular flexibility index (Phi) is 7.59. The highest BCUT2D eigenvalue weighted by Gasteiger charge is 2.33. The molecule has 1 N–H and O–H groups in total. The number of ether oxygens (including phenoxy) is 2. The van der Waals surface area contributed by atoms with Crippen molar-refractivity contribution in [1.82, 2.24) is 0 Å². The van der Waals surface area contributed by atoms with Crippen LogP contribution in [0.1, 0.15) is 27.0 Å². The molecule has 0 bridgehead atoms. The average molecular weight is 570 g/mol. The summed E-state index contributed by atoms with van der Waals surface area (Å²) in [5.74, 6) is -0.322. The Morgan fingerprint density at radius 2 is 1.91 bits per heavy atom. The number of anilines is 1. The van der Waals surface area contributed by atoms with E-state index in [9.17, 15) is 14.7 Å². The molecule has 1 fully saturated rings. The molecule has 1 aliphatic rings. The van der Waals surface area contributed by atoms with Gasteiger partial charge in [-0.05, 0) is 70.4 Å². The Morgan fingerprint density at radius 1 is 1.17 bits per heavy atom. The van der Waals surface area contributed by atoms with E-state index in [1.165, 1.54) is 22.6 Å². The van der Waals surface area contributed by atoms with Gasteiger partial charge in [-0.15, -0.1) is 0 Å². The van der Waals surface area contributed by atoms with Gasteiger partial charge in [0, 0.05) is 0 Å². The van der Waals surface area contributed by atoms with Gasteiger partial charge < -0.3 is 14.6 Å². The largest absolute Gasteiger partial charge is 0.493 e. The number of carbonyl (C=O) groups excluding carboxylic acids is 1. The minimum Gasteiger partial charge on any atom is -0.493 e. The average Bonchev–Trinajstić information content (AvgIpc) is 3.11. The van der Waals surface area contributed by atoms with Crippen molar-refractivity contribution in [2.24, 2.45) is 0 Å². The van der Waals surface area contributed by atoms with Crippen LogP contribution in [0.15, 0.2) is 70.0 Å². The number of benzene rings is 3. The van der Waals surface area contributed by atoms with E-state index in [4.69, 9.17) is 21.7 Å². The molecule has 0 aromatic heterocycles. The van der Waals surface area contributed by atoms with E-state index in [-0.39, 0.29) is 11.5 Å². The number of thioether (sulfide) groups is 1. The van der Waals surface area contributed by atoms with Crippen molar-refractivity contribution in [2.45, 2.75) is 13.5 Å². The van der Waals surface area contributed by atoms with E-state index in [0.717, 1.165) is 22.9 Å². The Bertz CT molecular complexity index is 1350. The van der Waals surface area contributed by atoms with E-state index >= 15 is 0 Å². The SMILES string of the molecule is COc1cc(/C=C2/SC(=S)N(c3cccc(C(=O)O)c3)C2=O)cc(Br)c1OCc1ccc(C)cc1. The number of aryl methyl sites for hydroxylation is 1. The van der Waals surface area contributed by atoms with Crippen LogP contribution in [0.3, 0.4) is 0 Å². The van der Waals surface area contributed by atoms with Crippen LogP contribution in [-0.2, 0) is 11.4 Å². The molecule has 3 aromatic rings. The molecule has 1 amide bonds. The minimum absolute atomic E-state index is 0.0791. The molecule has 1 heterocycles. The number of carboxylic acid groups (broad SMARTS) is 1. The molecule has 0 aliphatic carbocycles. The first-order valence-electron chi connectivity index (χ1n) is 10.4. The van der Waals surface area contributed by atoms with E-state index in [1.54, 1.807) is 31.4 Å². The van der Waals surface area contributed by atoms with E-state index in [2.05, 4.69) is 15.9 Å². The maximum absolute atomic E-state index is 13.1. The maximum atomic E-state index is 13.1. The molecule has 1 saturated heterocycles. The second-order valence-electron chi connectivity index (χ2n) is 7.68. The van der Waals surface area contributed by atoms with Gasteiger partial charge in [0.15, 0.2) is 15.8 Å². The standard InChI is InChI=1S/C26H20BrNO5S2/c1-15-6-8-16(9-7-15)14-33-23-20(27)10-17(11-21(23)32-2)12-22-24(29)28(26(34)35-22)19-5-3-4-18(13-19)25(30)31/h3-13H,14H2,1-2H3,(H,30,31)/b22-12+. The van der Waals surface area contributed by atoms with Crippen LogP contribution in [-0.4, -0.2) is 28.4 Å². The lowest BCUT2D eigenvalue weighted by Crippen LogP contribution is -2.27. The quantitative estimate of drug-likeness (QED) is 0.259. The summed E-state index contributed by atoms with van der Waals surface area (Å²) < 4.78 is 12.6. The fourth-order valence-electron chi connectivity index (χ4n) is 3.42. The van der Waals surface area contributed by atoms with Crippen LogP contribution in [0.4, 0.5) is 5.69 Å². The van der Waals surface area contributed by atoms with Gasteiger partial charge in [0.25, 0.3) is 5.91 Å². The smallest absolute Gasteiger partial charge is 0.335 e. The molecular weight excluding hydrogens is 550 g/mol. The van der Waals surface area contributed by atoms with Crippen molar-refractivity contribution < 1.29 is 24.2 Å². The van der Waals surface area contributed by atoms with E-state index in [1.807, 2.05) is 37.3 Å². The lowest BCUT2D eigenvalue weighted by Gasteiger charge is -2.15. The molecule has 0 unspecified atom stereocenters. The van der Waals surface area contributed by atoms with E-state index < -0.39 is 5.97 Å². The van der Waals surface area contributed by atoms with Crippen LogP contribution in [0.2, 0.25) is 0 Å².